The van der Waals surface area contributed by atoms with Crippen LogP contribution in [0, 0.1) is 5.41 Å². The fourth-order valence-corrected chi connectivity index (χ4v) is 2.39. The van der Waals surface area contributed by atoms with Crippen LogP contribution in [0.4, 0.5) is 4.79 Å². The average Bonchev–Trinajstić information content (AvgIpc) is 2.41. The van der Waals surface area contributed by atoms with Gasteiger partial charge in [-0.3, -0.25) is 0 Å². The Morgan fingerprint density at radius 1 is 1.04 bits per heavy atom. The molecule has 0 spiro atoms. The van der Waals surface area contributed by atoms with Crippen LogP contribution in [-0.4, -0.2) is 56.4 Å². The van der Waals surface area contributed by atoms with Gasteiger partial charge in [0.05, 0.1) is 31.0 Å². The predicted octanol–water partition coefficient (Wildman–Crippen LogP) is 4.16. The maximum atomic E-state index is 11.8. The number of alkyl carbamates (subject to hydrolysis) is 1. The molecule has 0 aromatic heterocycles. The third-order valence-corrected chi connectivity index (χ3v) is 3.50. The van der Waals surface area contributed by atoms with Crippen molar-refractivity contribution in [3.63, 3.8) is 0 Å². The molecule has 0 saturated heterocycles. The summed E-state index contributed by atoms with van der Waals surface area (Å²) < 4.78 is 22.6. The van der Waals surface area contributed by atoms with Crippen LogP contribution in [-0.2, 0) is 18.9 Å². The minimum absolute atomic E-state index is 0.0157. The van der Waals surface area contributed by atoms with Crippen LogP contribution >= 0.6 is 0 Å². The Kier molecular flexibility index (Phi) is 10.1. The van der Waals surface area contributed by atoms with Gasteiger partial charge >= 0.3 is 6.09 Å². The van der Waals surface area contributed by atoms with Crippen molar-refractivity contribution < 1.29 is 23.7 Å². The van der Waals surface area contributed by atoms with Crippen molar-refractivity contribution in [2.75, 3.05) is 26.9 Å². The molecule has 26 heavy (non-hydrogen) atoms. The fraction of sp³-hybridized carbons (Fsp3) is 0.950. The van der Waals surface area contributed by atoms with Crippen molar-refractivity contribution in [1.82, 2.24) is 5.32 Å². The van der Waals surface area contributed by atoms with Crippen molar-refractivity contribution in [1.29, 1.82) is 0 Å². The average molecular weight is 376 g/mol. The standard InChI is InChI=1S/C20H41NO5/c1-15(2)25-16(12-23-10)11-20(8,9)24-14-19(6,7)13-21-17(22)26-18(3,4)5/h15-16H,11-14H2,1-10H3,(H,21,22). The SMILES string of the molecule is COCC(CC(C)(C)OCC(C)(C)CNC(=O)OC(C)(C)C)OC(C)C. The minimum atomic E-state index is -0.501. The summed E-state index contributed by atoms with van der Waals surface area (Å²) in [7, 11) is 1.68. The number of carbonyl (C=O) groups excluding carboxylic acids is 1. The van der Waals surface area contributed by atoms with Gasteiger partial charge in [-0.25, -0.2) is 4.79 Å². The van der Waals surface area contributed by atoms with Gasteiger partial charge in [0.25, 0.3) is 0 Å². The van der Waals surface area contributed by atoms with Crippen molar-refractivity contribution in [3.8, 4) is 0 Å². The van der Waals surface area contributed by atoms with E-state index in [9.17, 15) is 4.79 Å². The molecule has 0 aromatic carbocycles. The van der Waals surface area contributed by atoms with Gasteiger partial charge < -0.3 is 24.3 Å². The van der Waals surface area contributed by atoms with E-state index in [1.165, 1.54) is 0 Å². The highest BCUT2D eigenvalue weighted by Crippen LogP contribution is 2.24. The lowest BCUT2D eigenvalue weighted by molar-refractivity contribution is -0.110. The second-order valence-corrected chi connectivity index (χ2v) is 9.53. The zero-order chi connectivity index (χ0) is 20.6. The highest BCUT2D eigenvalue weighted by Gasteiger charge is 2.29. The molecule has 0 saturated carbocycles. The second kappa shape index (κ2) is 10.5. The Morgan fingerprint density at radius 2 is 1.62 bits per heavy atom. The van der Waals surface area contributed by atoms with Crippen molar-refractivity contribution in [2.45, 2.75) is 92.1 Å². The first-order valence-corrected chi connectivity index (χ1v) is 9.41. The summed E-state index contributed by atoms with van der Waals surface area (Å²) >= 11 is 0. The molecule has 0 aliphatic rings. The summed E-state index contributed by atoms with van der Waals surface area (Å²) in [6, 6.07) is 0. The normalized spacial score (nSPS) is 14.4. The molecule has 0 rings (SSSR count). The summed E-state index contributed by atoms with van der Waals surface area (Å²) in [4.78, 5) is 11.8. The molecule has 0 aliphatic carbocycles. The van der Waals surface area contributed by atoms with E-state index in [0.29, 0.717) is 19.8 Å². The molecule has 1 unspecified atom stereocenters. The smallest absolute Gasteiger partial charge is 0.407 e. The minimum Gasteiger partial charge on any atom is -0.444 e. The molecule has 1 N–H and O–H groups in total. The van der Waals surface area contributed by atoms with E-state index in [4.69, 9.17) is 18.9 Å². The second-order valence-electron chi connectivity index (χ2n) is 9.53. The number of methoxy groups -OCH3 is 1. The van der Waals surface area contributed by atoms with E-state index in [-0.39, 0.29) is 23.2 Å². The zero-order valence-electron chi connectivity index (χ0n) is 18.5. The lowest BCUT2D eigenvalue weighted by Gasteiger charge is -2.34. The van der Waals surface area contributed by atoms with Gasteiger partial charge in [-0.05, 0) is 48.5 Å². The number of amides is 1. The van der Waals surface area contributed by atoms with Crippen molar-refractivity contribution in [3.05, 3.63) is 0 Å². The van der Waals surface area contributed by atoms with Crippen LogP contribution < -0.4 is 5.32 Å². The predicted molar refractivity (Wildman–Crippen MR) is 105 cm³/mol. The number of carbonyl (C=O) groups is 1. The summed E-state index contributed by atoms with van der Waals surface area (Å²) in [5, 5.41) is 2.82. The van der Waals surface area contributed by atoms with Crippen LogP contribution in [0.2, 0.25) is 0 Å². The fourth-order valence-electron chi connectivity index (χ4n) is 2.39. The number of rotatable bonds is 11. The topological polar surface area (TPSA) is 66.0 Å². The lowest BCUT2D eigenvalue weighted by atomic mass is 9.93. The monoisotopic (exact) mass is 375 g/mol. The number of ether oxygens (including phenoxy) is 4. The van der Waals surface area contributed by atoms with Crippen LogP contribution in [0.1, 0.15) is 68.7 Å². The van der Waals surface area contributed by atoms with Gasteiger partial charge in [0.2, 0.25) is 0 Å². The highest BCUT2D eigenvalue weighted by atomic mass is 16.6. The molecule has 0 radical (unpaired) electrons. The van der Waals surface area contributed by atoms with Crippen molar-refractivity contribution in [2.24, 2.45) is 5.41 Å². The quantitative estimate of drug-likeness (QED) is 0.587. The summed E-state index contributed by atoms with van der Waals surface area (Å²) in [5.74, 6) is 0. The van der Waals surface area contributed by atoms with Gasteiger partial charge in [-0.15, -0.1) is 0 Å². The maximum Gasteiger partial charge on any atom is 0.407 e. The maximum absolute atomic E-state index is 11.8. The van der Waals surface area contributed by atoms with Gasteiger partial charge in [0.15, 0.2) is 0 Å². The molecule has 0 aromatic rings. The highest BCUT2D eigenvalue weighted by molar-refractivity contribution is 5.67. The van der Waals surface area contributed by atoms with Gasteiger partial charge in [0, 0.05) is 25.5 Å². The Bertz CT molecular complexity index is 413. The van der Waals surface area contributed by atoms with Crippen molar-refractivity contribution >= 4 is 6.09 Å². The van der Waals surface area contributed by atoms with Crippen LogP contribution in [0.3, 0.4) is 0 Å². The van der Waals surface area contributed by atoms with E-state index in [1.807, 2.05) is 34.6 Å². The van der Waals surface area contributed by atoms with Crippen LogP contribution in [0.15, 0.2) is 0 Å². The van der Waals surface area contributed by atoms with Gasteiger partial charge in [0.1, 0.15) is 5.60 Å². The van der Waals surface area contributed by atoms with Crippen LogP contribution in [0.5, 0.6) is 0 Å². The van der Waals surface area contributed by atoms with E-state index < -0.39 is 11.7 Å². The molecule has 0 heterocycles. The van der Waals surface area contributed by atoms with E-state index in [1.54, 1.807) is 7.11 Å². The van der Waals surface area contributed by atoms with E-state index in [0.717, 1.165) is 6.42 Å². The lowest BCUT2D eigenvalue weighted by Crippen LogP contribution is -2.42. The van der Waals surface area contributed by atoms with Gasteiger partial charge in [-0.2, -0.15) is 0 Å². The number of nitrogens with one attached hydrogen (secondary N) is 1. The first-order chi connectivity index (χ1) is 11.7. The molecule has 6 heteroatoms. The molecular weight excluding hydrogens is 334 g/mol. The molecule has 0 bridgehead atoms. The third-order valence-electron chi connectivity index (χ3n) is 3.50. The van der Waals surface area contributed by atoms with E-state index >= 15 is 0 Å². The first-order valence-electron chi connectivity index (χ1n) is 9.41. The summed E-state index contributed by atoms with van der Waals surface area (Å²) in [5.41, 5.74) is -1.08. The van der Waals surface area contributed by atoms with E-state index in [2.05, 4.69) is 33.0 Å². The number of hydrogen-bond donors (Lipinski definition) is 1. The Labute approximate surface area is 160 Å². The number of hydrogen-bond acceptors (Lipinski definition) is 5. The van der Waals surface area contributed by atoms with Crippen LogP contribution in [0.25, 0.3) is 0 Å². The molecule has 1 atom stereocenters. The largest absolute Gasteiger partial charge is 0.444 e. The molecule has 6 nitrogen and oxygen atoms in total. The summed E-state index contributed by atoms with van der Waals surface area (Å²) in [6.45, 7) is 19.3. The van der Waals surface area contributed by atoms with Gasteiger partial charge in [-0.1, -0.05) is 13.8 Å². The summed E-state index contributed by atoms with van der Waals surface area (Å²) in [6.07, 6.45) is 0.447. The first kappa shape index (κ1) is 25.1. The Morgan fingerprint density at radius 3 is 2.08 bits per heavy atom. The molecule has 0 aliphatic heterocycles. The molecular formula is C20H41NO5. The molecule has 156 valence electrons. The molecule has 1 amide bonds. The Balaban J connectivity index is 4.49. The Hall–Kier alpha value is -0.850. The molecule has 0 fully saturated rings. The third kappa shape index (κ3) is 13.4. The zero-order valence-corrected chi connectivity index (χ0v) is 18.5.